The summed E-state index contributed by atoms with van der Waals surface area (Å²) in [5.41, 5.74) is 0.476. The van der Waals surface area contributed by atoms with Crippen LogP contribution in [0.15, 0.2) is 24.3 Å². The van der Waals surface area contributed by atoms with Crippen molar-refractivity contribution in [2.45, 2.75) is 12.5 Å². The molecule has 1 heterocycles. The minimum absolute atomic E-state index is 0.111. The largest absolute Gasteiger partial charge is 0.350 e. The standard InChI is InChI=1S/C12H13FN2OS2/c1-18-6-5-10-11(16)15(12(17)14-10)9-4-2-3-8(13)7-9/h2-4,7,10H,5-6H2,1H3,(H,14,17)/t10-/m0/s1. The van der Waals surface area contributed by atoms with E-state index in [1.165, 1.54) is 17.0 Å². The quantitative estimate of drug-likeness (QED) is 0.859. The number of nitrogens with one attached hydrogen (secondary N) is 1. The van der Waals surface area contributed by atoms with Crippen LogP contribution in [0.25, 0.3) is 0 Å². The zero-order valence-corrected chi connectivity index (χ0v) is 11.5. The van der Waals surface area contributed by atoms with Crippen molar-refractivity contribution >= 4 is 40.7 Å². The summed E-state index contributed by atoms with van der Waals surface area (Å²) < 4.78 is 13.2. The van der Waals surface area contributed by atoms with E-state index in [2.05, 4.69) is 5.32 Å². The summed E-state index contributed by atoms with van der Waals surface area (Å²) >= 11 is 6.81. The molecule has 18 heavy (non-hydrogen) atoms. The number of amides is 1. The third-order valence-corrected chi connectivity index (χ3v) is 3.64. The van der Waals surface area contributed by atoms with E-state index in [9.17, 15) is 9.18 Å². The number of nitrogens with zero attached hydrogens (tertiary/aromatic N) is 1. The maximum atomic E-state index is 13.2. The number of carbonyl (C=O) groups is 1. The number of rotatable bonds is 4. The summed E-state index contributed by atoms with van der Waals surface area (Å²) in [4.78, 5) is 13.5. The second-order valence-corrected chi connectivity index (χ2v) is 5.31. The first-order valence-corrected chi connectivity index (χ1v) is 7.32. The molecule has 1 N–H and O–H groups in total. The summed E-state index contributed by atoms with van der Waals surface area (Å²) in [5, 5.41) is 3.32. The van der Waals surface area contributed by atoms with E-state index in [4.69, 9.17) is 12.2 Å². The molecular weight excluding hydrogens is 271 g/mol. The number of hydrogen-bond acceptors (Lipinski definition) is 3. The van der Waals surface area contributed by atoms with Crippen LogP contribution in [0.4, 0.5) is 10.1 Å². The Kier molecular flexibility index (Phi) is 4.19. The van der Waals surface area contributed by atoms with Gasteiger partial charge in [0.2, 0.25) is 0 Å². The topological polar surface area (TPSA) is 32.3 Å². The van der Waals surface area contributed by atoms with Crippen molar-refractivity contribution in [1.29, 1.82) is 0 Å². The molecule has 2 rings (SSSR count). The van der Waals surface area contributed by atoms with Crippen LogP contribution < -0.4 is 10.2 Å². The van der Waals surface area contributed by atoms with E-state index >= 15 is 0 Å². The van der Waals surface area contributed by atoms with Gasteiger partial charge in [0.05, 0.1) is 5.69 Å². The predicted molar refractivity (Wildman–Crippen MR) is 76.4 cm³/mol. The van der Waals surface area contributed by atoms with E-state index in [1.807, 2.05) is 6.26 Å². The highest BCUT2D eigenvalue weighted by molar-refractivity contribution is 7.98. The molecule has 0 aliphatic carbocycles. The molecule has 1 aliphatic heterocycles. The monoisotopic (exact) mass is 284 g/mol. The fourth-order valence-electron chi connectivity index (χ4n) is 1.82. The zero-order valence-electron chi connectivity index (χ0n) is 9.85. The van der Waals surface area contributed by atoms with Crippen molar-refractivity contribution in [3.8, 4) is 0 Å². The van der Waals surface area contributed by atoms with Crippen LogP contribution in [0.2, 0.25) is 0 Å². The first-order valence-electron chi connectivity index (χ1n) is 5.52. The van der Waals surface area contributed by atoms with Crippen molar-refractivity contribution in [3.05, 3.63) is 30.1 Å². The van der Waals surface area contributed by atoms with E-state index < -0.39 is 0 Å². The summed E-state index contributed by atoms with van der Waals surface area (Å²) in [6.07, 6.45) is 2.70. The molecule has 0 unspecified atom stereocenters. The Morgan fingerprint density at radius 1 is 1.56 bits per heavy atom. The molecule has 1 aromatic carbocycles. The maximum absolute atomic E-state index is 13.2. The summed E-state index contributed by atoms with van der Waals surface area (Å²) in [6, 6.07) is 5.59. The first kappa shape index (κ1) is 13.3. The lowest BCUT2D eigenvalue weighted by Gasteiger charge is -2.14. The molecule has 6 heteroatoms. The van der Waals surface area contributed by atoms with Gasteiger partial charge >= 0.3 is 0 Å². The fraction of sp³-hybridized carbons (Fsp3) is 0.333. The van der Waals surface area contributed by atoms with Crippen LogP contribution >= 0.6 is 24.0 Å². The average Bonchev–Trinajstić information content (AvgIpc) is 2.62. The zero-order chi connectivity index (χ0) is 13.1. The van der Waals surface area contributed by atoms with Gasteiger partial charge in [-0.1, -0.05) is 6.07 Å². The molecule has 1 saturated heterocycles. The van der Waals surface area contributed by atoms with Crippen LogP contribution in [0.1, 0.15) is 6.42 Å². The van der Waals surface area contributed by atoms with Crippen LogP contribution in [-0.2, 0) is 4.79 Å². The predicted octanol–water partition coefficient (Wildman–Crippen LogP) is 2.17. The summed E-state index contributed by atoms with van der Waals surface area (Å²) in [6.45, 7) is 0. The Morgan fingerprint density at radius 3 is 3.00 bits per heavy atom. The molecule has 3 nitrogen and oxygen atoms in total. The number of carbonyl (C=O) groups excluding carboxylic acids is 1. The van der Waals surface area contributed by atoms with Gasteiger partial charge in [0.25, 0.3) is 5.91 Å². The van der Waals surface area contributed by atoms with Gasteiger partial charge in [0.15, 0.2) is 5.11 Å². The molecule has 1 amide bonds. The van der Waals surface area contributed by atoms with Gasteiger partial charge in [-0.25, -0.2) is 4.39 Å². The normalized spacial score (nSPS) is 19.2. The van der Waals surface area contributed by atoms with Gasteiger partial charge in [0.1, 0.15) is 11.9 Å². The number of benzene rings is 1. The van der Waals surface area contributed by atoms with Crippen molar-refractivity contribution in [1.82, 2.24) is 5.32 Å². The van der Waals surface area contributed by atoms with Gasteiger partial charge in [-0.05, 0) is 48.8 Å². The lowest BCUT2D eigenvalue weighted by Crippen LogP contribution is -2.31. The van der Waals surface area contributed by atoms with Crippen LogP contribution in [0.3, 0.4) is 0 Å². The van der Waals surface area contributed by atoms with Gasteiger partial charge in [0, 0.05) is 0 Å². The third-order valence-electron chi connectivity index (χ3n) is 2.70. The van der Waals surface area contributed by atoms with Crippen molar-refractivity contribution in [2.75, 3.05) is 16.9 Å². The average molecular weight is 284 g/mol. The molecular formula is C12H13FN2OS2. The highest BCUT2D eigenvalue weighted by Gasteiger charge is 2.35. The molecule has 0 spiro atoms. The highest BCUT2D eigenvalue weighted by Crippen LogP contribution is 2.22. The number of hydrogen-bond donors (Lipinski definition) is 1. The molecule has 0 bridgehead atoms. The molecule has 0 saturated carbocycles. The number of thiocarbonyl (C=S) groups is 1. The molecule has 1 aromatic rings. The van der Waals surface area contributed by atoms with Crippen molar-refractivity contribution < 1.29 is 9.18 Å². The van der Waals surface area contributed by atoms with Gasteiger partial charge in [-0.15, -0.1) is 0 Å². The summed E-state index contributed by atoms with van der Waals surface area (Å²) in [7, 11) is 0. The molecule has 0 radical (unpaired) electrons. The van der Waals surface area contributed by atoms with Crippen molar-refractivity contribution in [2.24, 2.45) is 0 Å². The van der Waals surface area contributed by atoms with Crippen LogP contribution in [0.5, 0.6) is 0 Å². The van der Waals surface area contributed by atoms with E-state index in [-0.39, 0.29) is 17.8 Å². The van der Waals surface area contributed by atoms with Gasteiger partial charge in [-0.2, -0.15) is 11.8 Å². The first-order chi connectivity index (χ1) is 8.63. The lowest BCUT2D eigenvalue weighted by molar-refractivity contribution is -0.118. The van der Waals surface area contributed by atoms with Crippen LogP contribution in [0, 0.1) is 5.82 Å². The van der Waals surface area contributed by atoms with Gasteiger partial charge in [-0.3, -0.25) is 9.69 Å². The number of thioether (sulfide) groups is 1. The summed E-state index contributed by atoms with van der Waals surface area (Å²) in [5.74, 6) is 0.388. The Balaban J connectivity index is 2.19. The van der Waals surface area contributed by atoms with Crippen LogP contribution in [-0.4, -0.2) is 29.1 Å². The van der Waals surface area contributed by atoms with E-state index in [0.29, 0.717) is 17.2 Å². The number of anilines is 1. The minimum atomic E-state index is -0.379. The second kappa shape index (κ2) is 5.67. The van der Waals surface area contributed by atoms with Gasteiger partial charge < -0.3 is 5.32 Å². The Bertz CT molecular complexity index is 481. The molecule has 0 aromatic heterocycles. The molecule has 1 atom stereocenters. The fourth-order valence-corrected chi connectivity index (χ4v) is 2.63. The molecule has 96 valence electrons. The Hall–Kier alpha value is -1.14. The maximum Gasteiger partial charge on any atom is 0.255 e. The van der Waals surface area contributed by atoms with E-state index in [0.717, 1.165) is 5.75 Å². The highest BCUT2D eigenvalue weighted by atomic mass is 32.2. The third kappa shape index (κ3) is 2.64. The SMILES string of the molecule is CSCC[C@@H]1NC(=S)N(c2cccc(F)c2)C1=O. The van der Waals surface area contributed by atoms with Crippen molar-refractivity contribution in [3.63, 3.8) is 0 Å². The second-order valence-electron chi connectivity index (χ2n) is 3.94. The Morgan fingerprint density at radius 2 is 2.33 bits per heavy atom. The lowest BCUT2D eigenvalue weighted by atomic mass is 10.2. The Labute approximate surface area is 115 Å². The molecule has 1 aliphatic rings. The smallest absolute Gasteiger partial charge is 0.255 e. The molecule has 1 fully saturated rings. The number of halogens is 1. The minimum Gasteiger partial charge on any atom is -0.350 e. The van der Waals surface area contributed by atoms with E-state index in [1.54, 1.807) is 23.9 Å².